The quantitative estimate of drug-likeness (QED) is 0.295. The van der Waals surface area contributed by atoms with Crippen LogP contribution in [0, 0.1) is 5.82 Å². The van der Waals surface area contributed by atoms with Crippen molar-refractivity contribution in [3.8, 4) is 0 Å². The van der Waals surface area contributed by atoms with E-state index in [-0.39, 0.29) is 25.1 Å². The molecule has 0 saturated heterocycles. The van der Waals surface area contributed by atoms with Gasteiger partial charge in [0.05, 0.1) is 25.4 Å². The molecular weight excluding hydrogens is 395 g/mol. The van der Waals surface area contributed by atoms with E-state index in [0.717, 1.165) is 35.0 Å². The average molecular weight is 427 g/mol. The molecule has 0 radical (unpaired) electrons. The number of nitrogens with zero attached hydrogens (tertiary/aromatic N) is 1. The van der Waals surface area contributed by atoms with Crippen LogP contribution in [0.4, 0.5) is 4.39 Å². The van der Waals surface area contributed by atoms with Gasteiger partial charge in [0.1, 0.15) is 5.82 Å². The zero-order valence-corrected chi connectivity index (χ0v) is 18.1. The molecule has 2 atom stereocenters. The van der Waals surface area contributed by atoms with Crippen LogP contribution in [0.1, 0.15) is 31.1 Å². The summed E-state index contributed by atoms with van der Waals surface area (Å²) >= 11 is 0. The third-order valence-corrected chi connectivity index (χ3v) is 5.03. The summed E-state index contributed by atoms with van der Waals surface area (Å²) in [4.78, 5) is 7.57. The zero-order valence-electron chi connectivity index (χ0n) is 18.1. The number of aliphatic imine (C=N–C) groups is 1. The minimum Gasteiger partial charge on any atom is -0.389 e. The number of aromatic amines is 1. The number of hydrogen-bond acceptors (Lipinski definition) is 3. The molecule has 4 N–H and O–H groups in total. The Morgan fingerprint density at radius 3 is 2.77 bits per heavy atom. The van der Waals surface area contributed by atoms with E-state index in [0.29, 0.717) is 12.5 Å². The van der Waals surface area contributed by atoms with Gasteiger partial charge in [-0.1, -0.05) is 30.3 Å². The Labute approximate surface area is 182 Å². The summed E-state index contributed by atoms with van der Waals surface area (Å²) in [5.41, 5.74) is 2.98. The predicted molar refractivity (Wildman–Crippen MR) is 123 cm³/mol. The first kappa shape index (κ1) is 22.8. The van der Waals surface area contributed by atoms with Crippen molar-refractivity contribution in [1.29, 1.82) is 0 Å². The van der Waals surface area contributed by atoms with Crippen LogP contribution in [-0.2, 0) is 11.2 Å². The second kappa shape index (κ2) is 11.5. The number of aliphatic hydroxyl groups excluding tert-OH is 1. The number of benzene rings is 2. The summed E-state index contributed by atoms with van der Waals surface area (Å²) in [6, 6.07) is 14.7. The first-order valence-corrected chi connectivity index (χ1v) is 10.7. The summed E-state index contributed by atoms with van der Waals surface area (Å²) in [5, 5.41) is 17.7. The van der Waals surface area contributed by atoms with Gasteiger partial charge in [-0.05, 0) is 49.6 Å². The Bertz CT molecular complexity index is 974. The smallest absolute Gasteiger partial charge is 0.191 e. The third kappa shape index (κ3) is 6.80. The van der Waals surface area contributed by atoms with Crippen LogP contribution < -0.4 is 10.6 Å². The molecule has 0 amide bonds. The van der Waals surface area contributed by atoms with Gasteiger partial charge in [0.15, 0.2) is 5.96 Å². The molecule has 0 fully saturated rings. The van der Waals surface area contributed by atoms with E-state index in [9.17, 15) is 9.50 Å². The molecule has 166 valence electrons. The Morgan fingerprint density at radius 1 is 1.19 bits per heavy atom. The van der Waals surface area contributed by atoms with Gasteiger partial charge in [-0.15, -0.1) is 0 Å². The summed E-state index contributed by atoms with van der Waals surface area (Å²) in [5.74, 6) is 0.393. The van der Waals surface area contributed by atoms with Gasteiger partial charge in [-0.25, -0.2) is 4.39 Å². The summed E-state index contributed by atoms with van der Waals surface area (Å²) in [6.45, 7) is 5.79. The maximum absolute atomic E-state index is 13.3. The largest absolute Gasteiger partial charge is 0.389 e. The lowest BCUT2D eigenvalue weighted by Gasteiger charge is -2.16. The molecule has 3 aromatic rings. The van der Waals surface area contributed by atoms with Crippen LogP contribution in [0.15, 0.2) is 59.7 Å². The number of H-pyrrole nitrogens is 1. The van der Waals surface area contributed by atoms with Gasteiger partial charge >= 0.3 is 0 Å². The zero-order chi connectivity index (χ0) is 22.1. The lowest BCUT2D eigenvalue weighted by molar-refractivity contribution is 0.00112. The Morgan fingerprint density at radius 2 is 2.00 bits per heavy atom. The number of halogens is 1. The first-order valence-electron chi connectivity index (χ1n) is 10.7. The van der Waals surface area contributed by atoms with Gasteiger partial charge < -0.3 is 25.5 Å². The SMILES string of the molecule is CCNC(=NCC(O)COC(C)c1ccccc1)NCCc1c[nH]c2cc(F)ccc12. The van der Waals surface area contributed by atoms with Gasteiger partial charge in [-0.2, -0.15) is 0 Å². The van der Waals surface area contributed by atoms with Crippen molar-refractivity contribution in [2.75, 3.05) is 26.2 Å². The van der Waals surface area contributed by atoms with E-state index < -0.39 is 6.10 Å². The van der Waals surface area contributed by atoms with Crippen molar-refractivity contribution < 1.29 is 14.2 Å². The molecule has 0 spiro atoms. The van der Waals surface area contributed by atoms with Gasteiger partial charge in [0.2, 0.25) is 0 Å². The fraction of sp³-hybridized carbons (Fsp3) is 0.375. The predicted octanol–water partition coefficient (Wildman–Crippen LogP) is 3.54. The Hall–Kier alpha value is -2.90. The molecule has 0 aliphatic carbocycles. The van der Waals surface area contributed by atoms with Crippen LogP contribution in [-0.4, -0.2) is 48.4 Å². The molecule has 3 rings (SSSR count). The highest BCUT2D eigenvalue weighted by molar-refractivity contribution is 5.83. The normalized spacial score (nSPS) is 13.9. The first-order chi connectivity index (χ1) is 15.1. The van der Waals surface area contributed by atoms with Crippen molar-refractivity contribution in [1.82, 2.24) is 15.6 Å². The van der Waals surface area contributed by atoms with Crippen LogP contribution in [0.2, 0.25) is 0 Å². The minimum atomic E-state index is -0.690. The van der Waals surface area contributed by atoms with E-state index in [2.05, 4.69) is 20.6 Å². The molecule has 2 unspecified atom stereocenters. The second-order valence-electron chi connectivity index (χ2n) is 7.44. The van der Waals surface area contributed by atoms with Crippen molar-refractivity contribution >= 4 is 16.9 Å². The highest BCUT2D eigenvalue weighted by Gasteiger charge is 2.10. The van der Waals surface area contributed by atoms with Crippen LogP contribution in [0.25, 0.3) is 10.9 Å². The molecule has 2 aromatic carbocycles. The molecular formula is C24H31FN4O2. The van der Waals surface area contributed by atoms with Crippen LogP contribution in [0.3, 0.4) is 0 Å². The van der Waals surface area contributed by atoms with E-state index in [1.807, 2.05) is 50.4 Å². The molecule has 0 bridgehead atoms. The fourth-order valence-electron chi connectivity index (χ4n) is 3.35. The van der Waals surface area contributed by atoms with Crippen molar-refractivity contribution in [3.05, 3.63) is 71.7 Å². The standard InChI is InChI=1S/C24H31FN4O2/c1-3-26-24(27-12-11-19-14-28-23-13-20(25)9-10-22(19)23)29-15-21(30)16-31-17(2)18-7-5-4-6-8-18/h4-10,13-14,17,21,28,30H,3,11-12,15-16H2,1-2H3,(H2,26,27,29). The van der Waals surface area contributed by atoms with E-state index in [4.69, 9.17) is 4.74 Å². The molecule has 1 heterocycles. The molecule has 6 nitrogen and oxygen atoms in total. The maximum Gasteiger partial charge on any atom is 0.191 e. The van der Waals surface area contributed by atoms with Crippen molar-refractivity contribution in [2.45, 2.75) is 32.5 Å². The topological polar surface area (TPSA) is 81.7 Å². The highest BCUT2D eigenvalue weighted by atomic mass is 19.1. The number of rotatable bonds is 10. The lowest BCUT2D eigenvalue weighted by atomic mass is 10.1. The van der Waals surface area contributed by atoms with Gasteiger partial charge in [0.25, 0.3) is 0 Å². The van der Waals surface area contributed by atoms with E-state index in [1.165, 1.54) is 12.1 Å². The molecule has 0 aliphatic heterocycles. The molecule has 1 aromatic heterocycles. The second-order valence-corrected chi connectivity index (χ2v) is 7.44. The number of fused-ring (bicyclic) bond motifs is 1. The third-order valence-electron chi connectivity index (χ3n) is 5.03. The number of aliphatic hydroxyl groups is 1. The van der Waals surface area contributed by atoms with Crippen LogP contribution in [0.5, 0.6) is 0 Å². The molecule has 0 saturated carbocycles. The number of nitrogens with one attached hydrogen (secondary N) is 3. The number of aromatic nitrogens is 1. The number of guanidine groups is 1. The lowest BCUT2D eigenvalue weighted by Crippen LogP contribution is -2.39. The summed E-state index contributed by atoms with van der Waals surface area (Å²) in [7, 11) is 0. The van der Waals surface area contributed by atoms with E-state index in [1.54, 1.807) is 6.07 Å². The van der Waals surface area contributed by atoms with Gasteiger partial charge in [0, 0.05) is 30.2 Å². The van der Waals surface area contributed by atoms with Crippen molar-refractivity contribution in [2.24, 2.45) is 4.99 Å². The molecule has 31 heavy (non-hydrogen) atoms. The monoisotopic (exact) mass is 426 g/mol. The Balaban J connectivity index is 1.46. The van der Waals surface area contributed by atoms with E-state index >= 15 is 0 Å². The minimum absolute atomic E-state index is 0.0872. The summed E-state index contributed by atoms with van der Waals surface area (Å²) < 4.78 is 19.1. The van der Waals surface area contributed by atoms with Crippen molar-refractivity contribution in [3.63, 3.8) is 0 Å². The summed E-state index contributed by atoms with van der Waals surface area (Å²) in [6.07, 6.45) is 1.89. The average Bonchev–Trinajstić information content (AvgIpc) is 3.18. The van der Waals surface area contributed by atoms with Gasteiger partial charge in [-0.3, -0.25) is 4.99 Å². The molecule has 7 heteroatoms. The fourth-order valence-corrected chi connectivity index (χ4v) is 3.35. The molecule has 0 aliphatic rings. The van der Waals surface area contributed by atoms with Crippen LogP contribution >= 0.6 is 0 Å². The Kier molecular flexibility index (Phi) is 8.44. The number of ether oxygens (including phenoxy) is 1. The maximum atomic E-state index is 13.3. The number of hydrogen-bond donors (Lipinski definition) is 4. The highest BCUT2D eigenvalue weighted by Crippen LogP contribution is 2.19.